The average Bonchev–Trinajstić information content (AvgIpc) is 2.30. The zero-order valence-electron chi connectivity index (χ0n) is 9.76. The summed E-state index contributed by atoms with van der Waals surface area (Å²) in [4.78, 5) is 11.0. The van der Waals surface area contributed by atoms with E-state index in [1.807, 2.05) is 0 Å². The molecule has 0 aromatic heterocycles. The maximum absolute atomic E-state index is 13.6. The minimum atomic E-state index is -1.06. The second kappa shape index (κ2) is 5.47. The van der Waals surface area contributed by atoms with Crippen molar-refractivity contribution in [3.63, 3.8) is 0 Å². The molecule has 1 aromatic carbocycles. The van der Waals surface area contributed by atoms with Crippen LogP contribution < -0.4 is 5.32 Å². The highest BCUT2D eigenvalue weighted by atomic mass is 35.5. The van der Waals surface area contributed by atoms with E-state index < -0.39 is 17.3 Å². The monoisotopic (exact) mass is 259 g/mol. The first-order valence-electron chi connectivity index (χ1n) is 5.32. The number of carboxylic acid groups (broad SMARTS) is 1. The SMILES string of the molecule is CCC(C)(NCc1cccc(Cl)c1F)C(=O)O. The van der Waals surface area contributed by atoms with Crippen LogP contribution in [0.1, 0.15) is 25.8 Å². The van der Waals surface area contributed by atoms with Crippen molar-refractivity contribution in [2.24, 2.45) is 0 Å². The summed E-state index contributed by atoms with van der Waals surface area (Å²) in [7, 11) is 0. The van der Waals surface area contributed by atoms with E-state index in [1.165, 1.54) is 6.07 Å². The predicted octanol–water partition coefficient (Wildman–Crippen LogP) is 2.82. The van der Waals surface area contributed by atoms with E-state index in [0.717, 1.165) is 0 Å². The molecule has 1 atom stereocenters. The van der Waals surface area contributed by atoms with Gasteiger partial charge in [0.25, 0.3) is 0 Å². The third-order valence-electron chi connectivity index (χ3n) is 2.88. The van der Waals surface area contributed by atoms with Crippen LogP contribution in [0.2, 0.25) is 5.02 Å². The standard InChI is InChI=1S/C12H15ClFNO2/c1-3-12(2,11(16)17)15-7-8-5-4-6-9(13)10(8)14/h4-6,15H,3,7H2,1-2H3,(H,16,17). The molecule has 3 nitrogen and oxygen atoms in total. The van der Waals surface area contributed by atoms with Gasteiger partial charge in [0.2, 0.25) is 0 Å². The van der Waals surface area contributed by atoms with Gasteiger partial charge >= 0.3 is 5.97 Å². The third kappa shape index (κ3) is 3.17. The molecule has 0 heterocycles. The first kappa shape index (κ1) is 13.9. The molecule has 0 saturated carbocycles. The molecular formula is C12H15ClFNO2. The molecule has 0 saturated heterocycles. The van der Waals surface area contributed by atoms with Gasteiger partial charge in [-0.2, -0.15) is 0 Å². The Morgan fingerprint density at radius 2 is 2.24 bits per heavy atom. The number of carbonyl (C=O) groups is 1. The van der Waals surface area contributed by atoms with Gasteiger partial charge < -0.3 is 5.11 Å². The highest BCUT2D eigenvalue weighted by molar-refractivity contribution is 6.30. The van der Waals surface area contributed by atoms with Gasteiger partial charge in [0, 0.05) is 12.1 Å². The number of hydrogen-bond donors (Lipinski definition) is 2. The predicted molar refractivity (Wildman–Crippen MR) is 64.6 cm³/mol. The molecule has 5 heteroatoms. The van der Waals surface area contributed by atoms with Gasteiger partial charge in [-0.3, -0.25) is 10.1 Å². The highest BCUT2D eigenvalue weighted by Gasteiger charge is 2.30. The number of hydrogen-bond acceptors (Lipinski definition) is 2. The second-order valence-electron chi connectivity index (χ2n) is 4.06. The minimum Gasteiger partial charge on any atom is -0.480 e. The zero-order valence-corrected chi connectivity index (χ0v) is 10.5. The summed E-state index contributed by atoms with van der Waals surface area (Å²) in [6.45, 7) is 3.45. The first-order valence-corrected chi connectivity index (χ1v) is 5.70. The third-order valence-corrected chi connectivity index (χ3v) is 3.17. The molecule has 0 amide bonds. The van der Waals surface area contributed by atoms with Crippen LogP contribution in [0.4, 0.5) is 4.39 Å². The Morgan fingerprint density at radius 3 is 2.76 bits per heavy atom. The molecule has 0 aliphatic carbocycles. The van der Waals surface area contributed by atoms with Gasteiger partial charge in [-0.15, -0.1) is 0 Å². The van der Waals surface area contributed by atoms with E-state index in [-0.39, 0.29) is 11.6 Å². The Kier molecular flexibility index (Phi) is 4.48. The van der Waals surface area contributed by atoms with Crippen molar-refractivity contribution >= 4 is 17.6 Å². The van der Waals surface area contributed by atoms with Crippen LogP contribution in [0, 0.1) is 5.82 Å². The van der Waals surface area contributed by atoms with E-state index in [4.69, 9.17) is 16.7 Å². The molecule has 17 heavy (non-hydrogen) atoms. The van der Waals surface area contributed by atoms with Gasteiger partial charge in [-0.05, 0) is 19.4 Å². The summed E-state index contributed by atoms with van der Waals surface area (Å²) in [5.41, 5.74) is -0.701. The van der Waals surface area contributed by atoms with Gasteiger partial charge in [-0.1, -0.05) is 30.7 Å². The summed E-state index contributed by atoms with van der Waals surface area (Å²) in [5, 5.41) is 11.9. The average molecular weight is 260 g/mol. The Balaban J connectivity index is 2.80. The zero-order chi connectivity index (χ0) is 13.1. The van der Waals surface area contributed by atoms with Crippen LogP contribution >= 0.6 is 11.6 Å². The largest absolute Gasteiger partial charge is 0.480 e. The lowest BCUT2D eigenvalue weighted by Gasteiger charge is -2.24. The number of benzene rings is 1. The molecule has 0 spiro atoms. The van der Waals surface area contributed by atoms with Gasteiger partial charge in [0.15, 0.2) is 0 Å². The molecule has 0 radical (unpaired) electrons. The topological polar surface area (TPSA) is 49.3 Å². The fourth-order valence-corrected chi connectivity index (χ4v) is 1.52. The molecule has 0 fully saturated rings. The minimum absolute atomic E-state index is 0.0397. The number of aliphatic carboxylic acids is 1. The summed E-state index contributed by atoms with van der Waals surface area (Å²) in [5.74, 6) is -1.46. The maximum atomic E-state index is 13.6. The molecule has 1 unspecified atom stereocenters. The summed E-state index contributed by atoms with van der Waals surface area (Å²) in [6.07, 6.45) is 0.407. The van der Waals surface area contributed by atoms with Crippen LogP contribution in [0.25, 0.3) is 0 Å². The lowest BCUT2D eigenvalue weighted by molar-refractivity contribution is -0.144. The van der Waals surface area contributed by atoms with Crippen molar-refractivity contribution in [2.75, 3.05) is 0 Å². The lowest BCUT2D eigenvalue weighted by Crippen LogP contribution is -2.48. The number of rotatable bonds is 5. The number of carboxylic acids is 1. The molecule has 0 bridgehead atoms. The molecule has 0 aliphatic heterocycles. The Labute approximate surface area is 105 Å². The van der Waals surface area contributed by atoms with Crippen LogP contribution in [-0.4, -0.2) is 16.6 Å². The normalized spacial score (nSPS) is 14.4. The highest BCUT2D eigenvalue weighted by Crippen LogP contribution is 2.19. The fourth-order valence-electron chi connectivity index (χ4n) is 1.33. The Bertz CT molecular complexity index is 425. The number of nitrogens with one attached hydrogen (secondary N) is 1. The first-order chi connectivity index (χ1) is 7.90. The molecule has 1 rings (SSSR count). The van der Waals surface area contributed by atoms with Gasteiger partial charge in [0.05, 0.1) is 5.02 Å². The molecule has 1 aromatic rings. The van der Waals surface area contributed by atoms with Crippen LogP contribution in [0.3, 0.4) is 0 Å². The van der Waals surface area contributed by atoms with E-state index in [2.05, 4.69) is 5.32 Å². The molecule has 2 N–H and O–H groups in total. The van der Waals surface area contributed by atoms with Crippen LogP contribution in [0.15, 0.2) is 18.2 Å². The van der Waals surface area contributed by atoms with Crippen molar-refractivity contribution in [3.05, 3.63) is 34.6 Å². The van der Waals surface area contributed by atoms with E-state index >= 15 is 0 Å². The Morgan fingerprint density at radius 1 is 1.59 bits per heavy atom. The fraction of sp³-hybridized carbons (Fsp3) is 0.417. The molecule has 94 valence electrons. The van der Waals surface area contributed by atoms with Crippen molar-refractivity contribution in [1.29, 1.82) is 0 Å². The quantitative estimate of drug-likeness (QED) is 0.855. The number of halogens is 2. The summed E-state index contributed by atoms with van der Waals surface area (Å²) < 4.78 is 13.6. The van der Waals surface area contributed by atoms with Crippen LogP contribution in [-0.2, 0) is 11.3 Å². The second-order valence-corrected chi connectivity index (χ2v) is 4.46. The summed E-state index contributed by atoms with van der Waals surface area (Å²) in [6, 6.07) is 4.66. The van der Waals surface area contributed by atoms with Crippen molar-refractivity contribution < 1.29 is 14.3 Å². The van der Waals surface area contributed by atoms with Gasteiger partial charge in [0.1, 0.15) is 11.4 Å². The smallest absolute Gasteiger partial charge is 0.323 e. The van der Waals surface area contributed by atoms with Crippen molar-refractivity contribution in [1.82, 2.24) is 5.32 Å². The van der Waals surface area contributed by atoms with Crippen LogP contribution in [0.5, 0.6) is 0 Å². The molecule has 0 aliphatic rings. The van der Waals surface area contributed by atoms with E-state index in [9.17, 15) is 9.18 Å². The lowest BCUT2D eigenvalue weighted by atomic mass is 9.99. The Hall–Kier alpha value is -1.13. The van der Waals surface area contributed by atoms with Gasteiger partial charge in [-0.25, -0.2) is 4.39 Å². The van der Waals surface area contributed by atoms with E-state index in [0.29, 0.717) is 12.0 Å². The van der Waals surface area contributed by atoms with E-state index in [1.54, 1.807) is 26.0 Å². The maximum Gasteiger partial charge on any atom is 0.323 e. The van der Waals surface area contributed by atoms with Crippen molar-refractivity contribution in [2.45, 2.75) is 32.4 Å². The van der Waals surface area contributed by atoms with Crippen molar-refractivity contribution in [3.8, 4) is 0 Å². The summed E-state index contributed by atoms with van der Waals surface area (Å²) >= 11 is 5.64. The molecular weight excluding hydrogens is 245 g/mol.